The van der Waals surface area contributed by atoms with Crippen molar-refractivity contribution in [2.75, 3.05) is 19.6 Å². The molecule has 3 amide bonds. The summed E-state index contributed by atoms with van der Waals surface area (Å²) in [5.41, 5.74) is 7.52. The molecule has 0 aliphatic carbocycles. The molecule has 2 fully saturated rings. The topological polar surface area (TPSA) is 96.2 Å². The molecule has 3 atom stereocenters. The number of hydrogen-bond donors (Lipinski definition) is 1. The van der Waals surface area contributed by atoms with Crippen molar-refractivity contribution in [1.82, 2.24) is 14.7 Å². The predicted octanol–water partition coefficient (Wildman–Crippen LogP) is 4.82. The van der Waals surface area contributed by atoms with Gasteiger partial charge < -0.3 is 20.3 Å². The largest absolute Gasteiger partial charge is 0.444 e. The number of benzene rings is 3. The highest BCUT2D eigenvalue weighted by Gasteiger charge is 2.51. The third-order valence-electron chi connectivity index (χ3n) is 8.19. The Balaban J connectivity index is 1.44. The van der Waals surface area contributed by atoms with E-state index in [1.165, 1.54) is 15.9 Å². The first-order valence-electron chi connectivity index (χ1n) is 14.6. The van der Waals surface area contributed by atoms with Crippen molar-refractivity contribution in [3.05, 3.63) is 106 Å². The van der Waals surface area contributed by atoms with Crippen molar-refractivity contribution in [1.29, 1.82) is 0 Å². The summed E-state index contributed by atoms with van der Waals surface area (Å²) in [6, 6.07) is 18.5. The molecule has 0 aromatic heterocycles. The van der Waals surface area contributed by atoms with Gasteiger partial charge in [0.25, 0.3) is 0 Å². The van der Waals surface area contributed by atoms with E-state index in [1.54, 1.807) is 4.90 Å². The molecule has 0 unspecified atom stereocenters. The van der Waals surface area contributed by atoms with Crippen LogP contribution in [0.25, 0.3) is 0 Å². The molecule has 2 aliphatic rings. The Morgan fingerprint density at radius 3 is 2.24 bits per heavy atom. The molecule has 2 aliphatic heterocycles. The third-order valence-corrected chi connectivity index (χ3v) is 8.19. The van der Waals surface area contributed by atoms with E-state index < -0.39 is 49.2 Å². The minimum atomic E-state index is -4.71. The molecule has 0 bridgehead atoms. The Kier molecular flexibility index (Phi) is 9.42. The second kappa shape index (κ2) is 13.3. The van der Waals surface area contributed by atoms with Crippen LogP contribution in [0.4, 0.5) is 22.4 Å². The quantitative estimate of drug-likeness (QED) is 0.362. The highest BCUT2D eigenvalue weighted by Crippen LogP contribution is 2.33. The van der Waals surface area contributed by atoms with Crippen molar-refractivity contribution >= 4 is 17.9 Å². The minimum absolute atomic E-state index is 0.0160. The molecule has 3 aromatic rings. The second-order valence-electron chi connectivity index (χ2n) is 11.4. The monoisotopic (exact) mass is 626 g/mol. The Morgan fingerprint density at radius 2 is 1.60 bits per heavy atom. The third kappa shape index (κ3) is 7.11. The van der Waals surface area contributed by atoms with Gasteiger partial charge in [0.1, 0.15) is 25.5 Å². The maximum absolute atomic E-state index is 13.9. The van der Waals surface area contributed by atoms with Gasteiger partial charge in [-0.15, -0.1) is 0 Å². The van der Waals surface area contributed by atoms with E-state index in [0.717, 1.165) is 22.8 Å². The Labute approximate surface area is 258 Å². The maximum Gasteiger partial charge on any atom is 0.416 e. The van der Waals surface area contributed by atoms with Gasteiger partial charge in [-0.25, -0.2) is 9.18 Å². The summed E-state index contributed by atoms with van der Waals surface area (Å²) < 4.78 is 59.1. The standard InChI is InChI=1S/C33H34F4N4O4/c1-21-7-9-22(10-8-21)12-26-18-40(32(44)45-20-25-11-24(15-34)13-27(14-25)33(35,36)37)29-19-39(17-23-5-3-2-4-6-23)31(43)28(16-38)41(29)30(26)42/h2-11,13-14,26,28-29H,12,15-20,38H2,1H3/t26-,28+,29-/m1/s1. The molecule has 2 heterocycles. The molecule has 0 saturated carbocycles. The lowest BCUT2D eigenvalue weighted by Crippen LogP contribution is -2.74. The van der Waals surface area contributed by atoms with Crippen LogP contribution in [0.2, 0.25) is 0 Å². The van der Waals surface area contributed by atoms with Crippen LogP contribution in [0.5, 0.6) is 0 Å². The zero-order chi connectivity index (χ0) is 32.3. The summed E-state index contributed by atoms with van der Waals surface area (Å²) in [5.74, 6) is -1.40. The first-order chi connectivity index (χ1) is 21.5. The van der Waals surface area contributed by atoms with Crippen LogP contribution in [-0.2, 0) is 46.7 Å². The molecule has 0 radical (unpaired) electrons. The van der Waals surface area contributed by atoms with Crippen LogP contribution in [0, 0.1) is 12.8 Å². The number of carbonyl (C=O) groups is 3. The van der Waals surface area contributed by atoms with Crippen molar-refractivity contribution in [2.24, 2.45) is 11.7 Å². The first-order valence-corrected chi connectivity index (χ1v) is 14.6. The van der Waals surface area contributed by atoms with Gasteiger partial charge in [0.05, 0.1) is 18.0 Å². The van der Waals surface area contributed by atoms with Crippen LogP contribution < -0.4 is 5.73 Å². The number of nitrogens with zero attached hydrogens (tertiary/aromatic N) is 3. The molecule has 3 aromatic carbocycles. The molecule has 2 saturated heterocycles. The number of aryl methyl sites for hydroxylation is 1. The van der Waals surface area contributed by atoms with Crippen LogP contribution in [-0.4, -0.2) is 64.4 Å². The lowest BCUT2D eigenvalue weighted by molar-refractivity contribution is -0.172. The maximum atomic E-state index is 13.9. The number of alkyl halides is 4. The van der Waals surface area contributed by atoms with E-state index in [1.807, 2.05) is 61.5 Å². The SMILES string of the molecule is Cc1ccc(C[C@@H]2CN(C(=O)OCc3cc(CF)cc(C(F)(F)F)c3)[C@H]3CN(Cc4ccccc4)C(=O)[C@H](CN)N3C2=O)cc1. The molecule has 0 spiro atoms. The van der Waals surface area contributed by atoms with Gasteiger partial charge in [-0.05, 0) is 53.8 Å². The van der Waals surface area contributed by atoms with Crippen LogP contribution >= 0.6 is 0 Å². The molecule has 2 N–H and O–H groups in total. The molecular formula is C33H34F4N4O4. The molecule has 5 rings (SSSR count). The minimum Gasteiger partial charge on any atom is -0.444 e. The van der Waals surface area contributed by atoms with Crippen molar-refractivity contribution < 1.29 is 36.7 Å². The van der Waals surface area contributed by atoms with E-state index in [4.69, 9.17) is 10.5 Å². The summed E-state index contributed by atoms with van der Waals surface area (Å²) >= 11 is 0. The number of amides is 3. The Hall–Kier alpha value is -4.45. The number of rotatable bonds is 8. The predicted molar refractivity (Wildman–Crippen MR) is 157 cm³/mol. The summed E-state index contributed by atoms with van der Waals surface area (Å²) in [4.78, 5) is 45.5. The second-order valence-corrected chi connectivity index (χ2v) is 11.4. The van der Waals surface area contributed by atoms with E-state index in [9.17, 15) is 31.9 Å². The number of halogens is 4. The lowest BCUT2D eigenvalue weighted by atomic mass is 9.91. The van der Waals surface area contributed by atoms with Crippen molar-refractivity contribution in [3.63, 3.8) is 0 Å². The lowest BCUT2D eigenvalue weighted by Gasteiger charge is -2.53. The Morgan fingerprint density at radius 1 is 0.911 bits per heavy atom. The van der Waals surface area contributed by atoms with Gasteiger partial charge in [-0.3, -0.25) is 14.5 Å². The van der Waals surface area contributed by atoms with E-state index in [-0.39, 0.29) is 55.5 Å². The van der Waals surface area contributed by atoms with Gasteiger partial charge in [-0.1, -0.05) is 60.2 Å². The van der Waals surface area contributed by atoms with Crippen molar-refractivity contribution in [2.45, 2.75) is 51.6 Å². The van der Waals surface area contributed by atoms with E-state index in [0.29, 0.717) is 6.07 Å². The summed E-state index contributed by atoms with van der Waals surface area (Å²) in [6.07, 6.45) is -6.24. The van der Waals surface area contributed by atoms with Crippen LogP contribution in [0.15, 0.2) is 72.8 Å². The van der Waals surface area contributed by atoms with Gasteiger partial charge in [0.2, 0.25) is 11.8 Å². The zero-order valence-electron chi connectivity index (χ0n) is 24.7. The normalized spacial score (nSPS) is 20.3. The summed E-state index contributed by atoms with van der Waals surface area (Å²) in [5, 5.41) is 0. The number of hydrogen-bond acceptors (Lipinski definition) is 5. The fourth-order valence-electron chi connectivity index (χ4n) is 5.94. The average molecular weight is 627 g/mol. The highest BCUT2D eigenvalue weighted by molar-refractivity contribution is 5.92. The van der Waals surface area contributed by atoms with Gasteiger partial charge in [0, 0.05) is 19.6 Å². The van der Waals surface area contributed by atoms with E-state index >= 15 is 0 Å². The molecule has 45 heavy (non-hydrogen) atoms. The van der Waals surface area contributed by atoms with Crippen molar-refractivity contribution in [3.8, 4) is 0 Å². The molecule has 238 valence electrons. The van der Waals surface area contributed by atoms with Crippen LogP contribution in [0.1, 0.15) is 33.4 Å². The summed E-state index contributed by atoms with van der Waals surface area (Å²) in [7, 11) is 0. The number of ether oxygens (including phenoxy) is 1. The van der Waals surface area contributed by atoms with Gasteiger partial charge in [-0.2, -0.15) is 13.2 Å². The number of fused-ring (bicyclic) bond motifs is 1. The number of piperazine rings is 1. The molecule has 8 nitrogen and oxygen atoms in total. The zero-order valence-corrected chi connectivity index (χ0v) is 24.7. The molecular weight excluding hydrogens is 592 g/mol. The van der Waals surface area contributed by atoms with E-state index in [2.05, 4.69) is 0 Å². The fourth-order valence-corrected chi connectivity index (χ4v) is 5.94. The fraction of sp³-hybridized carbons (Fsp3) is 0.364. The highest BCUT2D eigenvalue weighted by atomic mass is 19.4. The molecule has 12 heteroatoms. The average Bonchev–Trinajstić information content (AvgIpc) is 3.02. The first kappa shape index (κ1) is 32.0. The summed E-state index contributed by atoms with van der Waals surface area (Å²) in [6.45, 7) is 0.243. The number of nitrogens with two attached hydrogens (primary N) is 1. The Bertz CT molecular complexity index is 1530. The smallest absolute Gasteiger partial charge is 0.416 e. The van der Waals surface area contributed by atoms with Gasteiger partial charge >= 0.3 is 12.3 Å². The van der Waals surface area contributed by atoms with Gasteiger partial charge in [0.15, 0.2) is 0 Å². The van der Waals surface area contributed by atoms with Crippen LogP contribution in [0.3, 0.4) is 0 Å². The number of carbonyl (C=O) groups excluding carboxylic acids is 3.